The number of rotatable bonds is 6. The molecular formula is C15H25FN4. The van der Waals surface area contributed by atoms with Gasteiger partial charge in [-0.05, 0) is 50.4 Å². The van der Waals surface area contributed by atoms with E-state index in [9.17, 15) is 4.39 Å². The average molecular weight is 280 g/mol. The molecule has 20 heavy (non-hydrogen) atoms. The van der Waals surface area contributed by atoms with E-state index < -0.39 is 0 Å². The third-order valence-corrected chi connectivity index (χ3v) is 4.72. The SMILES string of the molecule is CCC(CC)(C(NN)c1cncc(F)c1)N1CCCC1. The topological polar surface area (TPSA) is 54.2 Å². The predicted molar refractivity (Wildman–Crippen MR) is 78.4 cm³/mol. The molecule has 0 radical (unpaired) electrons. The molecule has 1 aromatic heterocycles. The normalized spacial score (nSPS) is 18.4. The molecule has 0 aliphatic carbocycles. The number of hydrazine groups is 1. The summed E-state index contributed by atoms with van der Waals surface area (Å²) in [5, 5.41) is 0. The summed E-state index contributed by atoms with van der Waals surface area (Å²) in [6.07, 6.45) is 7.32. The Labute approximate surface area is 120 Å². The molecule has 1 aliphatic heterocycles. The quantitative estimate of drug-likeness (QED) is 0.620. The molecule has 0 aromatic carbocycles. The molecule has 0 saturated carbocycles. The molecule has 1 aromatic rings. The summed E-state index contributed by atoms with van der Waals surface area (Å²) < 4.78 is 13.5. The molecule has 0 spiro atoms. The highest BCUT2D eigenvalue weighted by Crippen LogP contribution is 2.38. The van der Waals surface area contributed by atoms with Crippen LogP contribution in [0.2, 0.25) is 0 Å². The van der Waals surface area contributed by atoms with Gasteiger partial charge in [0, 0.05) is 11.7 Å². The first-order chi connectivity index (χ1) is 9.67. The van der Waals surface area contributed by atoms with Gasteiger partial charge in [-0.25, -0.2) is 4.39 Å². The smallest absolute Gasteiger partial charge is 0.141 e. The lowest BCUT2D eigenvalue weighted by Crippen LogP contribution is -2.56. The number of nitrogens with one attached hydrogen (secondary N) is 1. The summed E-state index contributed by atoms with van der Waals surface area (Å²) in [6, 6.07) is 1.42. The Kier molecular flexibility index (Phi) is 5.07. The van der Waals surface area contributed by atoms with Crippen molar-refractivity contribution in [2.24, 2.45) is 5.84 Å². The molecule has 4 nitrogen and oxygen atoms in total. The van der Waals surface area contributed by atoms with E-state index >= 15 is 0 Å². The summed E-state index contributed by atoms with van der Waals surface area (Å²) in [7, 11) is 0. The van der Waals surface area contributed by atoms with E-state index in [0.29, 0.717) is 0 Å². The van der Waals surface area contributed by atoms with Crippen molar-refractivity contribution in [1.29, 1.82) is 0 Å². The molecule has 1 unspecified atom stereocenters. The number of aromatic nitrogens is 1. The largest absolute Gasteiger partial charge is 0.296 e. The summed E-state index contributed by atoms with van der Waals surface area (Å²) in [4.78, 5) is 6.48. The van der Waals surface area contributed by atoms with Crippen molar-refractivity contribution in [1.82, 2.24) is 15.3 Å². The van der Waals surface area contributed by atoms with Crippen LogP contribution in [-0.2, 0) is 0 Å². The lowest BCUT2D eigenvalue weighted by atomic mass is 9.80. The highest BCUT2D eigenvalue weighted by molar-refractivity contribution is 5.21. The van der Waals surface area contributed by atoms with Gasteiger partial charge in [0.05, 0.1) is 12.2 Å². The van der Waals surface area contributed by atoms with Gasteiger partial charge in [0.15, 0.2) is 0 Å². The van der Waals surface area contributed by atoms with Crippen LogP contribution in [0.5, 0.6) is 0 Å². The van der Waals surface area contributed by atoms with Crippen molar-refractivity contribution in [2.45, 2.75) is 51.1 Å². The Morgan fingerprint density at radius 1 is 1.35 bits per heavy atom. The first kappa shape index (κ1) is 15.4. The van der Waals surface area contributed by atoms with Crippen LogP contribution in [0.1, 0.15) is 51.1 Å². The molecule has 2 heterocycles. The van der Waals surface area contributed by atoms with Crippen LogP contribution < -0.4 is 11.3 Å². The van der Waals surface area contributed by atoms with Crippen LogP contribution in [0.15, 0.2) is 18.5 Å². The van der Waals surface area contributed by atoms with Gasteiger partial charge in [-0.3, -0.25) is 21.2 Å². The third-order valence-electron chi connectivity index (χ3n) is 4.72. The predicted octanol–water partition coefficient (Wildman–Crippen LogP) is 2.38. The van der Waals surface area contributed by atoms with E-state index in [-0.39, 0.29) is 17.4 Å². The van der Waals surface area contributed by atoms with Gasteiger partial charge in [0.2, 0.25) is 0 Å². The maximum atomic E-state index is 13.5. The second-order valence-corrected chi connectivity index (χ2v) is 5.54. The number of pyridine rings is 1. The van der Waals surface area contributed by atoms with Gasteiger partial charge in [-0.1, -0.05) is 13.8 Å². The Morgan fingerprint density at radius 2 is 2.00 bits per heavy atom. The van der Waals surface area contributed by atoms with E-state index in [1.807, 2.05) is 0 Å². The van der Waals surface area contributed by atoms with Crippen LogP contribution in [0.4, 0.5) is 4.39 Å². The molecule has 3 N–H and O–H groups in total. The van der Waals surface area contributed by atoms with Crippen LogP contribution in [0.25, 0.3) is 0 Å². The molecule has 1 fully saturated rings. The van der Waals surface area contributed by atoms with Crippen molar-refractivity contribution in [3.05, 3.63) is 29.8 Å². The fourth-order valence-corrected chi connectivity index (χ4v) is 3.60. The molecule has 5 heteroatoms. The Balaban J connectivity index is 2.38. The molecule has 1 saturated heterocycles. The van der Waals surface area contributed by atoms with Crippen molar-refractivity contribution in [3.63, 3.8) is 0 Å². The van der Waals surface area contributed by atoms with Crippen molar-refractivity contribution >= 4 is 0 Å². The highest BCUT2D eigenvalue weighted by Gasteiger charge is 2.42. The van der Waals surface area contributed by atoms with Crippen molar-refractivity contribution < 1.29 is 4.39 Å². The molecule has 1 aliphatic rings. The van der Waals surface area contributed by atoms with Crippen molar-refractivity contribution in [2.75, 3.05) is 13.1 Å². The Morgan fingerprint density at radius 3 is 2.50 bits per heavy atom. The van der Waals surface area contributed by atoms with Gasteiger partial charge >= 0.3 is 0 Å². The summed E-state index contributed by atoms with van der Waals surface area (Å²) in [5.74, 6) is 5.52. The molecule has 1 atom stereocenters. The summed E-state index contributed by atoms with van der Waals surface area (Å²) >= 11 is 0. The first-order valence-electron chi connectivity index (χ1n) is 7.49. The molecule has 2 rings (SSSR count). The fourth-order valence-electron chi connectivity index (χ4n) is 3.60. The first-order valence-corrected chi connectivity index (χ1v) is 7.49. The van der Waals surface area contributed by atoms with Gasteiger partial charge in [-0.2, -0.15) is 0 Å². The van der Waals surface area contributed by atoms with Gasteiger partial charge in [-0.15, -0.1) is 0 Å². The average Bonchev–Trinajstić information content (AvgIpc) is 2.99. The van der Waals surface area contributed by atoms with E-state index in [4.69, 9.17) is 5.84 Å². The molecule has 112 valence electrons. The van der Waals surface area contributed by atoms with E-state index in [0.717, 1.165) is 31.5 Å². The molecular weight excluding hydrogens is 255 g/mol. The van der Waals surface area contributed by atoms with E-state index in [1.165, 1.54) is 25.1 Å². The fraction of sp³-hybridized carbons (Fsp3) is 0.667. The van der Waals surface area contributed by atoms with Crippen LogP contribution >= 0.6 is 0 Å². The van der Waals surface area contributed by atoms with Gasteiger partial charge in [0.1, 0.15) is 5.82 Å². The second kappa shape index (κ2) is 6.61. The minimum atomic E-state index is -0.315. The lowest BCUT2D eigenvalue weighted by molar-refractivity contribution is 0.0614. The maximum Gasteiger partial charge on any atom is 0.141 e. The van der Waals surface area contributed by atoms with Crippen LogP contribution in [-0.4, -0.2) is 28.5 Å². The minimum absolute atomic E-state index is 0.0826. The lowest BCUT2D eigenvalue weighted by Gasteiger charge is -2.46. The summed E-state index contributed by atoms with van der Waals surface area (Å²) in [5.41, 5.74) is 3.66. The zero-order chi connectivity index (χ0) is 14.6. The highest BCUT2D eigenvalue weighted by atomic mass is 19.1. The number of nitrogens with zero attached hydrogens (tertiary/aromatic N) is 2. The third kappa shape index (κ3) is 2.71. The number of nitrogens with two attached hydrogens (primary N) is 1. The second-order valence-electron chi connectivity index (χ2n) is 5.54. The summed E-state index contributed by atoms with van der Waals surface area (Å²) in [6.45, 7) is 6.53. The van der Waals surface area contributed by atoms with E-state index in [2.05, 4.69) is 29.2 Å². The Hall–Kier alpha value is -1.04. The van der Waals surface area contributed by atoms with Crippen LogP contribution in [0, 0.1) is 5.82 Å². The number of hydrogen-bond donors (Lipinski definition) is 2. The maximum absolute atomic E-state index is 13.5. The number of halogens is 1. The monoisotopic (exact) mass is 280 g/mol. The van der Waals surface area contributed by atoms with Gasteiger partial charge in [0.25, 0.3) is 0 Å². The minimum Gasteiger partial charge on any atom is -0.296 e. The zero-order valence-corrected chi connectivity index (χ0v) is 12.4. The van der Waals surface area contributed by atoms with Crippen molar-refractivity contribution in [3.8, 4) is 0 Å². The molecule has 0 amide bonds. The zero-order valence-electron chi connectivity index (χ0n) is 12.4. The molecule has 0 bridgehead atoms. The van der Waals surface area contributed by atoms with E-state index in [1.54, 1.807) is 6.20 Å². The van der Waals surface area contributed by atoms with Gasteiger partial charge < -0.3 is 0 Å². The Bertz CT molecular complexity index is 428. The number of hydrogen-bond acceptors (Lipinski definition) is 4. The number of likely N-dealkylation sites (tertiary alicyclic amines) is 1. The van der Waals surface area contributed by atoms with Crippen LogP contribution in [0.3, 0.4) is 0 Å². The standard InChI is InChI=1S/C15H25FN4/c1-3-15(4-2,20-7-5-6-8-20)14(19-17)12-9-13(16)11-18-10-12/h9-11,14,19H,3-8,17H2,1-2H3.